The van der Waals surface area contributed by atoms with E-state index in [9.17, 15) is 0 Å². The van der Waals surface area contributed by atoms with Crippen molar-refractivity contribution in [2.24, 2.45) is 5.92 Å². The van der Waals surface area contributed by atoms with Gasteiger partial charge in [-0.3, -0.25) is 0 Å². The zero-order chi connectivity index (χ0) is 10.6. The van der Waals surface area contributed by atoms with Crippen LogP contribution in [-0.4, -0.2) is 18.3 Å². The lowest BCUT2D eigenvalue weighted by Gasteiger charge is -2.14. The van der Waals surface area contributed by atoms with Gasteiger partial charge < -0.3 is 16.2 Å². The van der Waals surface area contributed by atoms with Crippen molar-refractivity contribution >= 4 is 11.4 Å². The molecule has 1 rings (SSSR count). The van der Waals surface area contributed by atoms with Gasteiger partial charge in [-0.1, -0.05) is 19.1 Å². The second kappa shape index (κ2) is 4.86. The zero-order valence-corrected chi connectivity index (χ0v) is 8.75. The molecule has 4 N–H and O–H groups in total. The van der Waals surface area contributed by atoms with Gasteiger partial charge in [0, 0.05) is 13.2 Å². The lowest BCUT2D eigenvalue weighted by atomic mass is 10.1. The minimum atomic E-state index is 0.193. The number of benzene rings is 1. The van der Waals surface area contributed by atoms with Gasteiger partial charge in [0.1, 0.15) is 0 Å². The Morgan fingerprint density at radius 1 is 1.50 bits per heavy atom. The van der Waals surface area contributed by atoms with Crippen molar-refractivity contribution in [2.45, 2.75) is 13.8 Å². The van der Waals surface area contributed by atoms with E-state index in [1.54, 1.807) is 0 Å². The Labute approximate surface area is 84.9 Å². The zero-order valence-electron chi connectivity index (χ0n) is 8.75. The fourth-order valence-electron chi connectivity index (χ4n) is 1.27. The quantitative estimate of drug-likeness (QED) is 0.638. The third-order valence-electron chi connectivity index (χ3n) is 2.24. The van der Waals surface area contributed by atoms with Crippen LogP contribution < -0.4 is 11.1 Å². The molecule has 0 aliphatic heterocycles. The molecule has 0 heterocycles. The summed E-state index contributed by atoms with van der Waals surface area (Å²) in [5, 5.41) is 12.1. The molecule has 0 radical (unpaired) electrons. The van der Waals surface area contributed by atoms with Crippen LogP contribution in [0.2, 0.25) is 0 Å². The summed E-state index contributed by atoms with van der Waals surface area (Å²) in [5.41, 5.74) is 8.70. The molecule has 1 aromatic carbocycles. The molecule has 0 aromatic heterocycles. The van der Waals surface area contributed by atoms with Crippen molar-refractivity contribution in [3.05, 3.63) is 23.8 Å². The van der Waals surface area contributed by atoms with Crippen molar-refractivity contribution < 1.29 is 5.11 Å². The molecule has 14 heavy (non-hydrogen) atoms. The molecule has 3 nitrogen and oxygen atoms in total. The highest BCUT2D eigenvalue weighted by Crippen LogP contribution is 2.22. The predicted molar refractivity (Wildman–Crippen MR) is 60.3 cm³/mol. The van der Waals surface area contributed by atoms with Gasteiger partial charge >= 0.3 is 0 Å². The van der Waals surface area contributed by atoms with E-state index in [-0.39, 0.29) is 12.5 Å². The Kier molecular flexibility index (Phi) is 3.77. The summed E-state index contributed by atoms with van der Waals surface area (Å²) >= 11 is 0. The number of nitrogens with one attached hydrogen (secondary N) is 1. The van der Waals surface area contributed by atoms with Gasteiger partial charge in [-0.2, -0.15) is 0 Å². The van der Waals surface area contributed by atoms with Crippen LogP contribution in [0.25, 0.3) is 0 Å². The standard InChI is InChI=1S/C11H18N2O/c1-8(7-14)6-13-11-9(2)4-3-5-10(11)12/h3-5,8,13-14H,6-7,12H2,1-2H3. The Morgan fingerprint density at radius 2 is 2.21 bits per heavy atom. The molecule has 1 aromatic rings. The number of aryl methyl sites for hydroxylation is 1. The molecule has 1 unspecified atom stereocenters. The first-order chi connectivity index (χ1) is 6.65. The van der Waals surface area contributed by atoms with Crippen molar-refractivity contribution in [3.8, 4) is 0 Å². The van der Waals surface area contributed by atoms with E-state index >= 15 is 0 Å². The van der Waals surface area contributed by atoms with Crippen LogP contribution in [0.3, 0.4) is 0 Å². The number of rotatable bonds is 4. The van der Waals surface area contributed by atoms with Crippen molar-refractivity contribution in [1.82, 2.24) is 0 Å². The van der Waals surface area contributed by atoms with Crippen LogP contribution in [0.1, 0.15) is 12.5 Å². The molecule has 0 amide bonds. The Morgan fingerprint density at radius 3 is 2.79 bits per heavy atom. The molecule has 78 valence electrons. The number of para-hydroxylation sites is 1. The summed E-state index contributed by atoms with van der Waals surface area (Å²) in [6.07, 6.45) is 0. The maximum Gasteiger partial charge on any atom is 0.0603 e. The summed E-state index contributed by atoms with van der Waals surface area (Å²) in [6.45, 7) is 4.94. The van der Waals surface area contributed by atoms with Gasteiger partial charge in [-0.25, -0.2) is 0 Å². The third kappa shape index (κ3) is 2.64. The van der Waals surface area contributed by atoms with E-state index in [1.807, 2.05) is 32.0 Å². The minimum Gasteiger partial charge on any atom is -0.397 e. The molecule has 3 heteroatoms. The van der Waals surface area contributed by atoms with Crippen LogP contribution in [-0.2, 0) is 0 Å². The largest absolute Gasteiger partial charge is 0.397 e. The van der Waals surface area contributed by atoms with E-state index in [0.29, 0.717) is 0 Å². The highest BCUT2D eigenvalue weighted by Gasteiger charge is 2.04. The normalized spacial score (nSPS) is 12.5. The first-order valence-corrected chi connectivity index (χ1v) is 4.85. The van der Waals surface area contributed by atoms with Crippen LogP contribution in [0.5, 0.6) is 0 Å². The topological polar surface area (TPSA) is 58.3 Å². The maximum absolute atomic E-state index is 8.88. The fraction of sp³-hybridized carbons (Fsp3) is 0.455. The number of anilines is 2. The van der Waals surface area contributed by atoms with E-state index in [2.05, 4.69) is 5.32 Å². The highest BCUT2D eigenvalue weighted by molar-refractivity contribution is 5.69. The number of hydrogen-bond donors (Lipinski definition) is 3. The second-order valence-electron chi connectivity index (χ2n) is 3.71. The predicted octanol–water partition coefficient (Wildman–Crippen LogP) is 1.62. The summed E-state index contributed by atoms with van der Waals surface area (Å²) < 4.78 is 0. The minimum absolute atomic E-state index is 0.193. The lowest BCUT2D eigenvalue weighted by molar-refractivity contribution is 0.244. The van der Waals surface area contributed by atoms with Gasteiger partial charge in [0.15, 0.2) is 0 Å². The molecule has 0 aliphatic rings. The maximum atomic E-state index is 8.88. The molecular formula is C11H18N2O. The number of nitrogen functional groups attached to an aromatic ring is 1. The molecule has 0 fully saturated rings. The molecule has 0 saturated heterocycles. The van der Waals surface area contributed by atoms with Crippen LogP contribution in [0.4, 0.5) is 11.4 Å². The first kappa shape index (κ1) is 10.9. The van der Waals surface area contributed by atoms with E-state index in [4.69, 9.17) is 10.8 Å². The number of aliphatic hydroxyl groups excluding tert-OH is 1. The van der Waals surface area contributed by atoms with Crippen LogP contribution in [0.15, 0.2) is 18.2 Å². The van der Waals surface area contributed by atoms with E-state index in [0.717, 1.165) is 23.5 Å². The van der Waals surface area contributed by atoms with Crippen molar-refractivity contribution in [1.29, 1.82) is 0 Å². The molecular weight excluding hydrogens is 176 g/mol. The average molecular weight is 194 g/mol. The summed E-state index contributed by atoms with van der Waals surface area (Å²) in [5.74, 6) is 0.244. The number of hydrogen-bond acceptors (Lipinski definition) is 3. The molecule has 0 saturated carbocycles. The van der Waals surface area contributed by atoms with Gasteiger partial charge in [0.2, 0.25) is 0 Å². The smallest absolute Gasteiger partial charge is 0.0603 e. The highest BCUT2D eigenvalue weighted by atomic mass is 16.3. The lowest BCUT2D eigenvalue weighted by Crippen LogP contribution is -2.15. The fourth-order valence-corrected chi connectivity index (χ4v) is 1.27. The van der Waals surface area contributed by atoms with E-state index in [1.165, 1.54) is 0 Å². The Balaban J connectivity index is 2.66. The first-order valence-electron chi connectivity index (χ1n) is 4.85. The third-order valence-corrected chi connectivity index (χ3v) is 2.24. The Bertz CT molecular complexity index is 279. The Hall–Kier alpha value is -1.22. The summed E-state index contributed by atoms with van der Waals surface area (Å²) in [7, 11) is 0. The number of nitrogens with two attached hydrogens (primary N) is 1. The van der Waals surface area contributed by atoms with Gasteiger partial charge in [-0.15, -0.1) is 0 Å². The second-order valence-corrected chi connectivity index (χ2v) is 3.71. The van der Waals surface area contributed by atoms with Gasteiger partial charge in [-0.05, 0) is 24.5 Å². The molecule has 0 aliphatic carbocycles. The van der Waals surface area contributed by atoms with Gasteiger partial charge in [0.05, 0.1) is 11.4 Å². The SMILES string of the molecule is Cc1cccc(N)c1NCC(C)CO. The van der Waals surface area contributed by atoms with Crippen molar-refractivity contribution in [2.75, 3.05) is 24.2 Å². The monoisotopic (exact) mass is 194 g/mol. The molecule has 1 atom stereocenters. The van der Waals surface area contributed by atoms with Gasteiger partial charge in [0.25, 0.3) is 0 Å². The summed E-state index contributed by atoms with van der Waals surface area (Å²) in [6, 6.07) is 5.83. The molecule has 0 spiro atoms. The van der Waals surface area contributed by atoms with Crippen molar-refractivity contribution in [3.63, 3.8) is 0 Å². The molecule has 0 bridgehead atoms. The summed E-state index contributed by atoms with van der Waals surface area (Å²) in [4.78, 5) is 0. The van der Waals surface area contributed by atoms with Crippen LogP contribution >= 0.6 is 0 Å². The average Bonchev–Trinajstić information content (AvgIpc) is 2.16. The van der Waals surface area contributed by atoms with Crippen LogP contribution in [0, 0.1) is 12.8 Å². The van der Waals surface area contributed by atoms with E-state index < -0.39 is 0 Å². The number of aliphatic hydroxyl groups is 1.